The van der Waals surface area contributed by atoms with Crippen LogP contribution in [0.2, 0.25) is 0 Å². The number of benzene rings is 1. The number of carbonyl (C=O) groups is 3. The van der Waals surface area contributed by atoms with Gasteiger partial charge in [-0.2, -0.15) is 16.9 Å². The van der Waals surface area contributed by atoms with Crippen LogP contribution in [0.4, 0.5) is 4.39 Å². The zero-order valence-electron chi connectivity index (χ0n) is 19.9. The molecule has 1 aromatic heterocycles. The van der Waals surface area contributed by atoms with Gasteiger partial charge in [0.05, 0.1) is 6.54 Å². The largest absolute Gasteiger partial charge is 0.351 e. The first-order valence-corrected chi connectivity index (χ1v) is 12.7. The Hall–Kier alpha value is -2.88. The molecule has 0 saturated heterocycles. The van der Waals surface area contributed by atoms with E-state index in [0.29, 0.717) is 6.54 Å². The van der Waals surface area contributed by atoms with Crippen LogP contribution in [0, 0.1) is 5.82 Å². The molecule has 1 aliphatic rings. The molecule has 1 aliphatic heterocycles. The third-order valence-electron chi connectivity index (χ3n) is 5.98. The van der Waals surface area contributed by atoms with Crippen molar-refractivity contribution in [1.29, 1.82) is 0 Å². The second-order valence-corrected chi connectivity index (χ2v) is 9.82. The van der Waals surface area contributed by atoms with E-state index in [1.165, 1.54) is 40.6 Å². The number of hydrogen-bond acceptors (Lipinski definition) is 5. The van der Waals surface area contributed by atoms with Gasteiger partial charge in [0.25, 0.3) is 11.8 Å². The predicted molar refractivity (Wildman–Crippen MR) is 130 cm³/mol. The van der Waals surface area contributed by atoms with Gasteiger partial charge < -0.3 is 15.5 Å². The first-order valence-electron chi connectivity index (χ1n) is 11.5. The molecule has 0 bridgehead atoms. The normalized spacial score (nSPS) is 17.4. The van der Waals surface area contributed by atoms with Gasteiger partial charge in [-0.3, -0.25) is 19.1 Å². The number of amides is 3. The van der Waals surface area contributed by atoms with Crippen LogP contribution in [0.1, 0.15) is 59.7 Å². The molecule has 2 N–H and O–H groups in total. The van der Waals surface area contributed by atoms with E-state index in [-0.39, 0.29) is 48.0 Å². The van der Waals surface area contributed by atoms with Crippen LogP contribution in [0.15, 0.2) is 30.3 Å². The highest BCUT2D eigenvalue weighted by atomic mass is 32.2. The molecule has 0 spiro atoms. The van der Waals surface area contributed by atoms with E-state index in [2.05, 4.69) is 22.7 Å². The summed E-state index contributed by atoms with van der Waals surface area (Å²) in [6.07, 6.45) is 3.24. The Morgan fingerprint density at radius 1 is 1.18 bits per heavy atom. The Labute approximate surface area is 203 Å². The molecule has 0 aliphatic carbocycles. The molecule has 184 valence electrons. The minimum Gasteiger partial charge on any atom is -0.351 e. The zero-order valence-corrected chi connectivity index (χ0v) is 20.7. The Bertz CT molecular complexity index is 1030. The van der Waals surface area contributed by atoms with E-state index in [1.54, 1.807) is 26.1 Å². The summed E-state index contributed by atoms with van der Waals surface area (Å²) in [6, 6.07) is 7.31. The van der Waals surface area contributed by atoms with Crippen LogP contribution >= 0.6 is 11.8 Å². The number of halogens is 1. The highest BCUT2D eigenvalue weighted by Gasteiger charge is 2.46. The van der Waals surface area contributed by atoms with E-state index >= 15 is 0 Å². The first-order chi connectivity index (χ1) is 16.3. The molecular weight excluding hydrogens is 457 g/mol. The van der Waals surface area contributed by atoms with Gasteiger partial charge in [0.2, 0.25) is 5.91 Å². The van der Waals surface area contributed by atoms with Crippen LogP contribution in [-0.4, -0.2) is 63.0 Å². The second kappa shape index (κ2) is 11.5. The van der Waals surface area contributed by atoms with Gasteiger partial charge in [-0.05, 0) is 49.0 Å². The summed E-state index contributed by atoms with van der Waals surface area (Å²) >= 11 is 1.88. The van der Waals surface area contributed by atoms with Crippen molar-refractivity contribution >= 4 is 29.5 Å². The van der Waals surface area contributed by atoms with E-state index in [1.807, 2.05) is 11.8 Å². The van der Waals surface area contributed by atoms with Crippen molar-refractivity contribution in [3.63, 3.8) is 0 Å². The maximum Gasteiger partial charge on any atom is 0.272 e. The highest BCUT2D eigenvalue weighted by molar-refractivity contribution is 7.99. The van der Waals surface area contributed by atoms with Gasteiger partial charge in [-0.15, -0.1) is 0 Å². The Morgan fingerprint density at radius 3 is 2.59 bits per heavy atom. The first kappa shape index (κ1) is 25.7. The van der Waals surface area contributed by atoms with E-state index < -0.39 is 5.54 Å². The number of rotatable bonds is 11. The predicted octanol–water partition coefficient (Wildman–Crippen LogP) is 2.84. The minimum absolute atomic E-state index is 0.112. The fourth-order valence-electron chi connectivity index (χ4n) is 3.63. The summed E-state index contributed by atoms with van der Waals surface area (Å²) in [5.74, 6) is 0.679. The summed E-state index contributed by atoms with van der Waals surface area (Å²) in [5, 5.41) is 9.98. The quantitative estimate of drug-likeness (QED) is 0.473. The van der Waals surface area contributed by atoms with Crippen molar-refractivity contribution in [2.75, 3.05) is 25.1 Å². The molecule has 2 heterocycles. The lowest BCUT2D eigenvalue weighted by molar-refractivity contribution is -0.132. The van der Waals surface area contributed by atoms with Crippen LogP contribution in [0.25, 0.3) is 0 Å². The minimum atomic E-state index is -1.19. The highest BCUT2D eigenvalue weighted by Crippen LogP contribution is 2.26. The molecule has 0 fully saturated rings. The fraction of sp³-hybridized carbons (Fsp3) is 0.500. The maximum atomic E-state index is 13.1. The van der Waals surface area contributed by atoms with E-state index in [9.17, 15) is 18.8 Å². The number of unbranched alkanes of at least 4 members (excludes halogenated alkanes) is 1. The molecule has 1 atom stereocenters. The molecule has 10 heteroatoms. The van der Waals surface area contributed by atoms with Crippen molar-refractivity contribution in [2.45, 2.75) is 51.7 Å². The Kier molecular flexibility index (Phi) is 8.71. The van der Waals surface area contributed by atoms with E-state index in [0.717, 1.165) is 23.5 Å². The molecular formula is C24H32FN5O3S. The lowest BCUT2D eigenvalue weighted by Gasteiger charge is -2.40. The number of nitrogens with one attached hydrogen (secondary N) is 2. The molecule has 0 unspecified atom stereocenters. The van der Waals surface area contributed by atoms with Gasteiger partial charge in [-0.1, -0.05) is 25.5 Å². The zero-order chi connectivity index (χ0) is 24.7. The van der Waals surface area contributed by atoms with E-state index in [4.69, 9.17) is 0 Å². The topological polar surface area (TPSA) is 96.3 Å². The monoisotopic (exact) mass is 489 g/mol. The number of carbonyl (C=O) groups excluding carboxylic acids is 3. The number of hydrogen-bond donors (Lipinski definition) is 2. The lowest BCUT2D eigenvalue weighted by Crippen LogP contribution is -2.62. The van der Waals surface area contributed by atoms with Gasteiger partial charge in [0.1, 0.15) is 17.1 Å². The van der Waals surface area contributed by atoms with Crippen molar-refractivity contribution in [3.8, 4) is 0 Å². The van der Waals surface area contributed by atoms with Crippen LogP contribution < -0.4 is 10.6 Å². The van der Waals surface area contributed by atoms with Crippen molar-refractivity contribution in [2.24, 2.45) is 0 Å². The Morgan fingerprint density at radius 2 is 1.88 bits per heavy atom. The van der Waals surface area contributed by atoms with Crippen molar-refractivity contribution in [1.82, 2.24) is 25.3 Å². The summed E-state index contributed by atoms with van der Waals surface area (Å²) in [5.41, 5.74) is -0.0249. The van der Waals surface area contributed by atoms with Crippen LogP contribution in [0.5, 0.6) is 0 Å². The fourth-order valence-corrected chi connectivity index (χ4v) is 4.67. The number of thioether (sulfide) groups is 1. The number of fused-ring (bicyclic) bond motifs is 1. The smallest absolute Gasteiger partial charge is 0.272 e. The Balaban J connectivity index is 1.60. The van der Waals surface area contributed by atoms with Gasteiger partial charge in [0.15, 0.2) is 5.69 Å². The van der Waals surface area contributed by atoms with Crippen LogP contribution in [-0.2, 0) is 17.9 Å². The standard InChI is InChI=1S/C24H32FN5O3S/c1-4-5-12-34-13-6-11-26-21(31)19-14-20-22(32)29(3)24(2,16-30(20)28-19)23(33)27-15-17-7-9-18(25)10-8-17/h7-10,14H,4-6,11-13,15-16H2,1-3H3,(H,26,31)(H,27,33)/t24-/m0/s1. The SMILES string of the molecule is CCCCSCCCNC(=O)c1cc2n(n1)C[C@@](C)(C(=O)NCc1ccc(F)cc1)N(C)C2=O. The lowest BCUT2D eigenvalue weighted by atomic mass is 9.96. The summed E-state index contributed by atoms with van der Waals surface area (Å²) in [7, 11) is 1.56. The number of nitrogens with zero attached hydrogens (tertiary/aromatic N) is 3. The average molecular weight is 490 g/mol. The number of aromatic nitrogens is 2. The second-order valence-electron chi connectivity index (χ2n) is 8.60. The van der Waals surface area contributed by atoms with Gasteiger partial charge >= 0.3 is 0 Å². The maximum absolute atomic E-state index is 13.1. The summed E-state index contributed by atoms with van der Waals surface area (Å²) in [4.78, 5) is 39.9. The summed E-state index contributed by atoms with van der Waals surface area (Å²) in [6.45, 7) is 4.67. The molecule has 3 amide bonds. The third kappa shape index (κ3) is 5.97. The molecule has 3 rings (SSSR count). The molecule has 34 heavy (non-hydrogen) atoms. The van der Waals surface area contributed by atoms with Gasteiger partial charge in [-0.25, -0.2) is 4.39 Å². The van der Waals surface area contributed by atoms with Crippen molar-refractivity contribution in [3.05, 3.63) is 53.1 Å². The summed E-state index contributed by atoms with van der Waals surface area (Å²) < 4.78 is 14.5. The molecule has 8 nitrogen and oxygen atoms in total. The van der Waals surface area contributed by atoms with Crippen molar-refractivity contribution < 1.29 is 18.8 Å². The average Bonchev–Trinajstić information content (AvgIpc) is 3.25. The van der Waals surface area contributed by atoms with Crippen LogP contribution in [0.3, 0.4) is 0 Å². The molecule has 0 radical (unpaired) electrons. The van der Waals surface area contributed by atoms with Gasteiger partial charge in [0, 0.05) is 26.2 Å². The third-order valence-corrected chi connectivity index (χ3v) is 7.14. The number of likely N-dealkylation sites (N-methyl/N-ethyl adjacent to an activating group) is 1. The molecule has 0 saturated carbocycles. The molecule has 2 aromatic rings. The molecule has 1 aromatic carbocycles.